The molecule has 1 aromatic rings. The van der Waals surface area contributed by atoms with Gasteiger partial charge >= 0.3 is 0 Å². The molecule has 0 spiro atoms. The van der Waals surface area contributed by atoms with E-state index in [1.807, 2.05) is 23.3 Å². The minimum absolute atomic E-state index is 0.0323. The van der Waals surface area contributed by atoms with Gasteiger partial charge < -0.3 is 4.84 Å². The van der Waals surface area contributed by atoms with E-state index in [4.69, 9.17) is 4.84 Å². The van der Waals surface area contributed by atoms with Gasteiger partial charge in [-0.2, -0.15) is 5.06 Å². The van der Waals surface area contributed by atoms with Crippen LogP contribution in [0.3, 0.4) is 0 Å². The lowest BCUT2D eigenvalue weighted by atomic mass is 10.1. The predicted molar refractivity (Wildman–Crippen MR) is 58.7 cm³/mol. The Balaban J connectivity index is 2.67. The Bertz CT molecular complexity index is 263. The fraction of sp³-hybridized carbons (Fsp3) is 0.500. The van der Waals surface area contributed by atoms with Crippen LogP contribution < -0.4 is 0 Å². The highest BCUT2D eigenvalue weighted by atomic mass is 16.7. The zero-order valence-electron chi connectivity index (χ0n) is 9.45. The topological polar surface area (TPSA) is 12.5 Å². The molecule has 0 atom stereocenters. The predicted octanol–water partition coefficient (Wildman–Crippen LogP) is 2.85. The molecule has 0 fully saturated rings. The molecule has 0 N–H and O–H groups in total. The lowest BCUT2D eigenvalue weighted by Crippen LogP contribution is -2.39. The van der Waals surface area contributed by atoms with E-state index < -0.39 is 0 Å². The summed E-state index contributed by atoms with van der Waals surface area (Å²) in [5, 5.41) is 1.97. The molecular formula is C12H19NO. The molecule has 0 unspecified atom stereocenters. The molecule has 0 aliphatic carbocycles. The molecule has 0 aliphatic rings. The molecule has 1 rings (SSSR count). The Hall–Kier alpha value is -0.860. The van der Waals surface area contributed by atoms with Gasteiger partial charge in [-0.3, -0.25) is 0 Å². The van der Waals surface area contributed by atoms with Gasteiger partial charge in [0, 0.05) is 12.1 Å². The van der Waals surface area contributed by atoms with Gasteiger partial charge in [-0.15, -0.1) is 0 Å². The van der Waals surface area contributed by atoms with Gasteiger partial charge in [-0.05, 0) is 26.3 Å². The van der Waals surface area contributed by atoms with Crippen molar-refractivity contribution in [1.82, 2.24) is 5.06 Å². The fourth-order valence-corrected chi connectivity index (χ4v) is 1.32. The first-order chi connectivity index (χ1) is 6.54. The number of hydrogen-bond acceptors (Lipinski definition) is 2. The van der Waals surface area contributed by atoms with Crippen molar-refractivity contribution in [2.45, 2.75) is 32.9 Å². The van der Waals surface area contributed by atoms with E-state index in [0.717, 1.165) is 6.54 Å². The summed E-state index contributed by atoms with van der Waals surface area (Å²) in [6, 6.07) is 10.3. The van der Waals surface area contributed by atoms with Gasteiger partial charge in [0.25, 0.3) is 0 Å². The summed E-state index contributed by atoms with van der Waals surface area (Å²) < 4.78 is 0. The SMILES string of the molecule is CON(Cc1ccccc1)C(C)(C)C. The molecule has 0 bridgehead atoms. The average Bonchev–Trinajstić information content (AvgIpc) is 2.14. The third kappa shape index (κ3) is 3.13. The lowest BCUT2D eigenvalue weighted by molar-refractivity contribution is -0.194. The Kier molecular flexibility index (Phi) is 3.67. The van der Waals surface area contributed by atoms with Crippen LogP contribution in [0.1, 0.15) is 26.3 Å². The zero-order valence-corrected chi connectivity index (χ0v) is 9.45. The summed E-state index contributed by atoms with van der Waals surface area (Å²) in [5.74, 6) is 0. The van der Waals surface area contributed by atoms with E-state index in [2.05, 4.69) is 32.9 Å². The highest BCUT2D eigenvalue weighted by Gasteiger charge is 2.20. The van der Waals surface area contributed by atoms with E-state index >= 15 is 0 Å². The maximum absolute atomic E-state index is 5.35. The number of rotatable bonds is 3. The Morgan fingerprint density at radius 1 is 1.14 bits per heavy atom. The summed E-state index contributed by atoms with van der Waals surface area (Å²) in [5.41, 5.74) is 1.30. The molecule has 0 amide bonds. The van der Waals surface area contributed by atoms with Crippen molar-refractivity contribution in [3.8, 4) is 0 Å². The molecule has 2 nitrogen and oxygen atoms in total. The second-order valence-electron chi connectivity index (χ2n) is 4.38. The van der Waals surface area contributed by atoms with Crippen LogP contribution in [0.4, 0.5) is 0 Å². The van der Waals surface area contributed by atoms with Gasteiger partial charge in [0.1, 0.15) is 0 Å². The fourth-order valence-electron chi connectivity index (χ4n) is 1.32. The highest BCUT2D eigenvalue weighted by molar-refractivity contribution is 5.14. The van der Waals surface area contributed by atoms with Crippen molar-refractivity contribution in [3.63, 3.8) is 0 Å². The van der Waals surface area contributed by atoms with E-state index in [0.29, 0.717) is 0 Å². The van der Waals surface area contributed by atoms with E-state index in [9.17, 15) is 0 Å². The van der Waals surface area contributed by atoms with E-state index in [-0.39, 0.29) is 5.54 Å². The molecular weight excluding hydrogens is 174 g/mol. The molecule has 0 aromatic heterocycles. The van der Waals surface area contributed by atoms with Crippen molar-refractivity contribution in [2.75, 3.05) is 7.11 Å². The van der Waals surface area contributed by atoms with Gasteiger partial charge in [-0.25, -0.2) is 0 Å². The minimum atomic E-state index is 0.0323. The Labute approximate surface area is 86.4 Å². The van der Waals surface area contributed by atoms with Gasteiger partial charge in [0.2, 0.25) is 0 Å². The number of hydrogen-bond donors (Lipinski definition) is 0. The average molecular weight is 193 g/mol. The largest absolute Gasteiger partial charge is 0.301 e. The number of hydroxylamine groups is 2. The van der Waals surface area contributed by atoms with Crippen molar-refractivity contribution < 1.29 is 4.84 Å². The van der Waals surface area contributed by atoms with Gasteiger partial charge in [0.15, 0.2) is 0 Å². The molecule has 0 aliphatic heterocycles. The maximum atomic E-state index is 5.35. The molecule has 14 heavy (non-hydrogen) atoms. The standard InChI is InChI=1S/C12H19NO/c1-12(2,3)13(14-4)10-11-8-6-5-7-9-11/h5-9H,10H2,1-4H3. The van der Waals surface area contributed by atoms with Crippen LogP contribution in [0.2, 0.25) is 0 Å². The van der Waals surface area contributed by atoms with E-state index in [1.165, 1.54) is 5.56 Å². The third-order valence-electron chi connectivity index (χ3n) is 2.14. The van der Waals surface area contributed by atoms with Crippen LogP contribution in [0.15, 0.2) is 30.3 Å². The monoisotopic (exact) mass is 193 g/mol. The molecule has 0 radical (unpaired) electrons. The first-order valence-corrected chi connectivity index (χ1v) is 4.89. The van der Waals surface area contributed by atoms with Crippen molar-refractivity contribution >= 4 is 0 Å². The first-order valence-electron chi connectivity index (χ1n) is 4.89. The molecule has 0 saturated heterocycles. The molecule has 0 saturated carbocycles. The summed E-state index contributed by atoms with van der Waals surface area (Å²) in [4.78, 5) is 5.35. The molecule has 78 valence electrons. The first kappa shape index (κ1) is 11.2. The quantitative estimate of drug-likeness (QED) is 0.684. The molecule has 1 aromatic carbocycles. The minimum Gasteiger partial charge on any atom is -0.301 e. The maximum Gasteiger partial charge on any atom is 0.0575 e. The van der Waals surface area contributed by atoms with Crippen LogP contribution in [0, 0.1) is 0 Å². The number of nitrogens with zero attached hydrogens (tertiary/aromatic N) is 1. The Morgan fingerprint density at radius 3 is 2.14 bits per heavy atom. The normalized spacial score (nSPS) is 12.1. The molecule has 0 heterocycles. The van der Waals surface area contributed by atoms with Crippen molar-refractivity contribution in [3.05, 3.63) is 35.9 Å². The summed E-state index contributed by atoms with van der Waals surface area (Å²) in [7, 11) is 1.72. The lowest BCUT2D eigenvalue weighted by Gasteiger charge is -2.33. The van der Waals surface area contributed by atoms with Gasteiger partial charge in [-0.1, -0.05) is 30.3 Å². The van der Waals surface area contributed by atoms with Crippen LogP contribution in [0.25, 0.3) is 0 Å². The van der Waals surface area contributed by atoms with Crippen LogP contribution >= 0.6 is 0 Å². The zero-order chi connectivity index (χ0) is 10.6. The van der Waals surface area contributed by atoms with Gasteiger partial charge in [0.05, 0.1) is 7.11 Å². The highest BCUT2D eigenvalue weighted by Crippen LogP contribution is 2.16. The van der Waals surface area contributed by atoms with E-state index in [1.54, 1.807) is 7.11 Å². The summed E-state index contributed by atoms with van der Waals surface area (Å²) in [6.45, 7) is 7.24. The van der Waals surface area contributed by atoms with Crippen molar-refractivity contribution in [1.29, 1.82) is 0 Å². The number of benzene rings is 1. The Morgan fingerprint density at radius 2 is 1.71 bits per heavy atom. The van der Waals surface area contributed by atoms with Crippen LogP contribution in [0.5, 0.6) is 0 Å². The smallest absolute Gasteiger partial charge is 0.0575 e. The molecule has 2 heteroatoms. The van der Waals surface area contributed by atoms with Crippen LogP contribution in [-0.4, -0.2) is 17.7 Å². The second-order valence-corrected chi connectivity index (χ2v) is 4.38. The summed E-state index contributed by atoms with van der Waals surface area (Å²) in [6.07, 6.45) is 0. The summed E-state index contributed by atoms with van der Waals surface area (Å²) >= 11 is 0. The third-order valence-corrected chi connectivity index (χ3v) is 2.14. The van der Waals surface area contributed by atoms with Crippen molar-refractivity contribution in [2.24, 2.45) is 0 Å². The van der Waals surface area contributed by atoms with Crippen LogP contribution in [-0.2, 0) is 11.4 Å². The second kappa shape index (κ2) is 4.58.